The molecule has 1 fully saturated rings. The normalized spacial score (nSPS) is 13.9. The van der Waals surface area contributed by atoms with E-state index in [2.05, 4.69) is 20.4 Å². The van der Waals surface area contributed by atoms with Gasteiger partial charge in [0.25, 0.3) is 0 Å². The number of hydrogen-bond donors (Lipinski definition) is 1. The summed E-state index contributed by atoms with van der Waals surface area (Å²) in [5.74, 6) is 1.84. The van der Waals surface area contributed by atoms with E-state index in [-0.39, 0.29) is 6.03 Å². The van der Waals surface area contributed by atoms with Gasteiger partial charge in [0, 0.05) is 31.6 Å². The summed E-state index contributed by atoms with van der Waals surface area (Å²) in [6, 6.07) is 3.50. The highest BCUT2D eigenvalue weighted by molar-refractivity contribution is 5.88. The van der Waals surface area contributed by atoms with E-state index < -0.39 is 0 Å². The fourth-order valence-corrected chi connectivity index (χ4v) is 2.00. The average Bonchev–Trinajstić information content (AvgIpc) is 3.26. The lowest BCUT2D eigenvalue weighted by Crippen LogP contribution is -2.33. The number of carbonyl (C=O) groups excluding carboxylic acids is 1. The van der Waals surface area contributed by atoms with Gasteiger partial charge in [-0.2, -0.15) is 4.98 Å². The van der Waals surface area contributed by atoms with Gasteiger partial charge in [-0.25, -0.2) is 4.79 Å². The van der Waals surface area contributed by atoms with Gasteiger partial charge in [-0.15, -0.1) is 0 Å². The molecule has 1 aliphatic rings. The van der Waals surface area contributed by atoms with Crippen LogP contribution in [-0.2, 0) is 6.42 Å². The maximum atomic E-state index is 12.1. The topological polar surface area (TPSA) is 84.2 Å². The summed E-state index contributed by atoms with van der Waals surface area (Å²) in [6.45, 7) is 2.42. The Morgan fingerprint density at radius 2 is 2.27 bits per heavy atom. The molecular formula is C15H19N5O2. The Balaban J connectivity index is 1.48. The highest BCUT2D eigenvalue weighted by atomic mass is 16.5. The van der Waals surface area contributed by atoms with Gasteiger partial charge >= 0.3 is 6.03 Å². The van der Waals surface area contributed by atoms with Crippen molar-refractivity contribution in [2.24, 2.45) is 0 Å². The fourth-order valence-electron chi connectivity index (χ4n) is 2.00. The Morgan fingerprint density at radius 3 is 2.95 bits per heavy atom. The van der Waals surface area contributed by atoms with Crippen molar-refractivity contribution in [2.45, 2.75) is 32.1 Å². The van der Waals surface area contributed by atoms with Crippen LogP contribution in [0, 0.1) is 6.92 Å². The lowest BCUT2D eigenvalue weighted by atomic mass is 10.3. The van der Waals surface area contributed by atoms with Crippen LogP contribution in [0.5, 0.6) is 0 Å². The minimum atomic E-state index is -0.184. The highest BCUT2D eigenvalue weighted by Crippen LogP contribution is 2.38. The van der Waals surface area contributed by atoms with Crippen LogP contribution in [0.15, 0.2) is 22.9 Å². The van der Waals surface area contributed by atoms with Crippen LogP contribution in [0.4, 0.5) is 10.5 Å². The fraction of sp³-hybridized carbons (Fsp3) is 0.467. The molecule has 0 aliphatic heterocycles. The largest absolute Gasteiger partial charge is 0.339 e. The summed E-state index contributed by atoms with van der Waals surface area (Å²) in [7, 11) is 1.73. The van der Waals surface area contributed by atoms with E-state index in [9.17, 15) is 4.79 Å². The number of nitrogens with one attached hydrogen (secondary N) is 1. The lowest BCUT2D eigenvalue weighted by Gasteiger charge is -2.16. The van der Waals surface area contributed by atoms with Crippen LogP contribution >= 0.6 is 0 Å². The molecule has 3 rings (SSSR count). The van der Waals surface area contributed by atoms with E-state index in [1.807, 2.05) is 19.1 Å². The molecule has 7 nitrogen and oxygen atoms in total. The zero-order valence-electron chi connectivity index (χ0n) is 12.7. The number of nitrogens with zero attached hydrogens (tertiary/aromatic N) is 4. The first kappa shape index (κ1) is 14.5. The number of aryl methyl sites for hydroxylation is 1. The van der Waals surface area contributed by atoms with E-state index in [0.29, 0.717) is 30.4 Å². The van der Waals surface area contributed by atoms with Crippen molar-refractivity contribution in [1.82, 2.24) is 20.0 Å². The third-order valence-corrected chi connectivity index (χ3v) is 3.59. The average molecular weight is 301 g/mol. The molecule has 2 amide bonds. The van der Waals surface area contributed by atoms with Crippen LogP contribution in [0.25, 0.3) is 0 Å². The van der Waals surface area contributed by atoms with Crippen LogP contribution in [0.3, 0.4) is 0 Å². The molecule has 116 valence electrons. The smallest absolute Gasteiger partial charge is 0.321 e. The molecular weight excluding hydrogens is 282 g/mol. The molecule has 1 N–H and O–H groups in total. The Hall–Kier alpha value is -2.44. The Morgan fingerprint density at radius 1 is 1.45 bits per heavy atom. The van der Waals surface area contributed by atoms with Crippen LogP contribution in [-0.4, -0.2) is 39.6 Å². The van der Waals surface area contributed by atoms with Gasteiger partial charge in [-0.05, 0) is 31.9 Å². The predicted molar refractivity (Wildman–Crippen MR) is 80.6 cm³/mol. The molecule has 22 heavy (non-hydrogen) atoms. The summed E-state index contributed by atoms with van der Waals surface area (Å²) in [6.07, 6.45) is 4.48. The number of anilines is 1. The SMILES string of the molecule is Cc1ccc(NC(=O)N(C)CCc2noc(C3CC3)n2)cn1. The third kappa shape index (κ3) is 3.60. The summed E-state index contributed by atoms with van der Waals surface area (Å²) >= 11 is 0. The molecule has 1 saturated carbocycles. The first-order valence-electron chi connectivity index (χ1n) is 7.39. The number of amides is 2. The number of hydrogen-bond acceptors (Lipinski definition) is 5. The van der Waals surface area contributed by atoms with Crippen molar-refractivity contribution < 1.29 is 9.32 Å². The van der Waals surface area contributed by atoms with Crippen molar-refractivity contribution in [3.05, 3.63) is 35.7 Å². The number of rotatable bonds is 5. The third-order valence-electron chi connectivity index (χ3n) is 3.59. The van der Waals surface area contributed by atoms with Gasteiger partial charge in [0.15, 0.2) is 5.82 Å². The quantitative estimate of drug-likeness (QED) is 0.916. The van der Waals surface area contributed by atoms with Crippen molar-refractivity contribution >= 4 is 11.7 Å². The summed E-state index contributed by atoms with van der Waals surface area (Å²) in [4.78, 5) is 22.2. The zero-order chi connectivity index (χ0) is 15.5. The number of carbonyl (C=O) groups is 1. The van der Waals surface area contributed by atoms with E-state index in [1.54, 1.807) is 18.1 Å². The minimum Gasteiger partial charge on any atom is -0.339 e. The van der Waals surface area contributed by atoms with Crippen molar-refractivity contribution in [3.8, 4) is 0 Å². The van der Waals surface area contributed by atoms with Gasteiger partial charge in [0.2, 0.25) is 5.89 Å². The molecule has 0 radical (unpaired) electrons. The van der Waals surface area contributed by atoms with Crippen molar-refractivity contribution in [1.29, 1.82) is 0 Å². The van der Waals surface area contributed by atoms with E-state index in [4.69, 9.17) is 4.52 Å². The van der Waals surface area contributed by atoms with Gasteiger partial charge < -0.3 is 14.7 Å². The molecule has 0 spiro atoms. The number of pyridine rings is 1. The number of aromatic nitrogens is 3. The molecule has 0 saturated heterocycles. The van der Waals surface area contributed by atoms with E-state index in [1.165, 1.54) is 0 Å². The van der Waals surface area contributed by atoms with E-state index >= 15 is 0 Å². The first-order chi connectivity index (χ1) is 10.6. The Kier molecular flexibility index (Phi) is 4.04. The number of likely N-dealkylation sites (N-methyl/N-ethyl adjacent to an activating group) is 1. The molecule has 2 aromatic rings. The lowest BCUT2D eigenvalue weighted by molar-refractivity contribution is 0.222. The summed E-state index contributed by atoms with van der Waals surface area (Å²) in [5.41, 5.74) is 1.59. The second kappa shape index (κ2) is 6.13. The standard InChI is InChI=1S/C15H19N5O2/c1-10-3-6-12(9-16-10)17-15(21)20(2)8-7-13-18-14(22-19-13)11-4-5-11/h3,6,9,11H,4-5,7-8H2,1-2H3,(H,17,21). The van der Waals surface area contributed by atoms with Gasteiger partial charge in [0.05, 0.1) is 11.9 Å². The molecule has 0 atom stereocenters. The van der Waals surface area contributed by atoms with Crippen molar-refractivity contribution in [2.75, 3.05) is 18.9 Å². The second-order valence-corrected chi connectivity index (χ2v) is 5.61. The predicted octanol–water partition coefficient (Wildman–Crippen LogP) is 2.36. The molecule has 0 bridgehead atoms. The maximum absolute atomic E-state index is 12.1. The molecule has 0 aromatic carbocycles. The van der Waals surface area contributed by atoms with Crippen LogP contribution in [0.1, 0.15) is 36.2 Å². The van der Waals surface area contributed by atoms with Crippen LogP contribution in [0.2, 0.25) is 0 Å². The molecule has 2 heterocycles. The van der Waals surface area contributed by atoms with Crippen LogP contribution < -0.4 is 5.32 Å². The zero-order valence-corrected chi connectivity index (χ0v) is 12.7. The van der Waals surface area contributed by atoms with E-state index in [0.717, 1.165) is 24.4 Å². The van der Waals surface area contributed by atoms with Gasteiger partial charge in [-0.3, -0.25) is 4.98 Å². The molecule has 2 aromatic heterocycles. The Labute approximate surface area is 128 Å². The molecule has 7 heteroatoms. The maximum Gasteiger partial charge on any atom is 0.321 e. The molecule has 0 unspecified atom stereocenters. The van der Waals surface area contributed by atoms with Gasteiger partial charge in [-0.1, -0.05) is 5.16 Å². The number of urea groups is 1. The summed E-state index contributed by atoms with van der Waals surface area (Å²) < 4.78 is 5.20. The summed E-state index contributed by atoms with van der Waals surface area (Å²) in [5, 5.41) is 6.75. The highest BCUT2D eigenvalue weighted by Gasteiger charge is 2.29. The minimum absolute atomic E-state index is 0.184. The first-order valence-corrected chi connectivity index (χ1v) is 7.39. The second-order valence-electron chi connectivity index (χ2n) is 5.61. The van der Waals surface area contributed by atoms with Gasteiger partial charge in [0.1, 0.15) is 0 Å². The Bertz CT molecular complexity index is 648. The monoisotopic (exact) mass is 301 g/mol. The van der Waals surface area contributed by atoms with Crippen molar-refractivity contribution in [3.63, 3.8) is 0 Å². The molecule has 1 aliphatic carbocycles.